The molecule has 1 rings (SSSR count). The minimum atomic E-state index is 0.0967. The van der Waals surface area contributed by atoms with E-state index in [0.29, 0.717) is 19.0 Å². The van der Waals surface area contributed by atoms with Crippen molar-refractivity contribution >= 4 is 5.91 Å². The monoisotopic (exact) mass is 235 g/mol. The molecule has 1 aromatic heterocycles. The Bertz CT molecular complexity index is 325. The number of nitrogens with one attached hydrogen (secondary N) is 2. The molecular weight excluding hydrogens is 214 g/mol. The van der Waals surface area contributed by atoms with Crippen LogP contribution in [0, 0.1) is 0 Å². The molecule has 0 bridgehead atoms. The van der Waals surface area contributed by atoms with E-state index in [1.165, 1.54) is 0 Å². The first kappa shape index (κ1) is 13.6. The number of pyridine rings is 1. The molecular formula is C13H21N3O. The normalized spacial score (nSPS) is 10.5. The van der Waals surface area contributed by atoms with Crippen LogP contribution in [0.1, 0.15) is 32.3 Å². The van der Waals surface area contributed by atoms with Crippen molar-refractivity contribution in [1.29, 1.82) is 0 Å². The van der Waals surface area contributed by atoms with Crippen LogP contribution in [0.3, 0.4) is 0 Å². The zero-order chi connectivity index (χ0) is 12.5. The van der Waals surface area contributed by atoms with Gasteiger partial charge in [-0.1, -0.05) is 19.9 Å². The van der Waals surface area contributed by atoms with Gasteiger partial charge in [-0.2, -0.15) is 0 Å². The molecule has 1 aromatic rings. The maximum Gasteiger partial charge on any atom is 0.220 e. The van der Waals surface area contributed by atoms with Crippen LogP contribution in [0.2, 0.25) is 0 Å². The summed E-state index contributed by atoms with van der Waals surface area (Å²) in [4.78, 5) is 15.5. The van der Waals surface area contributed by atoms with E-state index in [4.69, 9.17) is 0 Å². The van der Waals surface area contributed by atoms with Crippen LogP contribution < -0.4 is 10.6 Å². The molecule has 0 fully saturated rings. The lowest BCUT2D eigenvalue weighted by atomic mass is 10.2. The summed E-state index contributed by atoms with van der Waals surface area (Å²) in [5.74, 6) is 0.0967. The molecule has 0 saturated heterocycles. The summed E-state index contributed by atoms with van der Waals surface area (Å²) in [5.41, 5.74) is 1.03. The topological polar surface area (TPSA) is 54.0 Å². The van der Waals surface area contributed by atoms with Gasteiger partial charge in [-0.05, 0) is 24.6 Å². The second-order valence-electron chi connectivity index (χ2n) is 4.35. The molecule has 0 spiro atoms. The highest BCUT2D eigenvalue weighted by Gasteiger charge is 2.01. The van der Waals surface area contributed by atoms with Gasteiger partial charge >= 0.3 is 0 Å². The molecule has 94 valence electrons. The van der Waals surface area contributed by atoms with Crippen molar-refractivity contribution in [3.05, 3.63) is 30.1 Å². The Labute approximate surface area is 103 Å². The van der Waals surface area contributed by atoms with Crippen molar-refractivity contribution in [3.63, 3.8) is 0 Å². The molecule has 4 nitrogen and oxygen atoms in total. The molecule has 0 aliphatic carbocycles. The number of hydrogen-bond acceptors (Lipinski definition) is 3. The average molecular weight is 235 g/mol. The van der Waals surface area contributed by atoms with Crippen LogP contribution in [0.25, 0.3) is 0 Å². The highest BCUT2D eigenvalue weighted by atomic mass is 16.1. The third kappa shape index (κ3) is 6.68. The van der Waals surface area contributed by atoms with Crippen LogP contribution in [0.5, 0.6) is 0 Å². The Balaban J connectivity index is 2.09. The Hall–Kier alpha value is -1.42. The number of rotatable bonds is 7. The van der Waals surface area contributed by atoms with Crippen molar-refractivity contribution in [2.45, 2.75) is 39.3 Å². The molecule has 0 atom stereocenters. The van der Waals surface area contributed by atoms with Crippen LogP contribution in [-0.4, -0.2) is 23.5 Å². The number of carbonyl (C=O) groups is 1. The van der Waals surface area contributed by atoms with Crippen LogP contribution in [0.4, 0.5) is 0 Å². The van der Waals surface area contributed by atoms with E-state index in [-0.39, 0.29) is 5.91 Å². The summed E-state index contributed by atoms with van der Waals surface area (Å²) in [6.45, 7) is 5.65. The Morgan fingerprint density at radius 3 is 2.94 bits per heavy atom. The third-order valence-corrected chi connectivity index (χ3v) is 2.35. The minimum absolute atomic E-state index is 0.0967. The summed E-state index contributed by atoms with van der Waals surface area (Å²) in [7, 11) is 0. The SMILES string of the molecule is CC(C)NCCCC(=O)NCc1cccnc1. The quantitative estimate of drug-likeness (QED) is 0.704. The predicted octanol–water partition coefficient (Wildman–Crippen LogP) is 1.48. The summed E-state index contributed by atoms with van der Waals surface area (Å²) >= 11 is 0. The van der Waals surface area contributed by atoms with Gasteiger partial charge in [0, 0.05) is 31.4 Å². The Morgan fingerprint density at radius 1 is 1.47 bits per heavy atom. The molecule has 0 saturated carbocycles. The van der Waals surface area contributed by atoms with Crippen LogP contribution in [0.15, 0.2) is 24.5 Å². The first-order valence-electron chi connectivity index (χ1n) is 6.07. The van der Waals surface area contributed by atoms with E-state index in [0.717, 1.165) is 18.5 Å². The molecule has 4 heteroatoms. The van der Waals surface area contributed by atoms with Gasteiger partial charge in [0.25, 0.3) is 0 Å². The fourth-order valence-electron chi connectivity index (χ4n) is 1.43. The molecule has 1 amide bonds. The van der Waals surface area contributed by atoms with E-state index < -0.39 is 0 Å². The first-order valence-corrected chi connectivity index (χ1v) is 6.07. The largest absolute Gasteiger partial charge is 0.352 e. The maximum atomic E-state index is 11.5. The van der Waals surface area contributed by atoms with Gasteiger partial charge < -0.3 is 10.6 Å². The van der Waals surface area contributed by atoms with Crippen LogP contribution in [-0.2, 0) is 11.3 Å². The third-order valence-electron chi connectivity index (χ3n) is 2.35. The van der Waals surface area contributed by atoms with Gasteiger partial charge in [0.05, 0.1) is 0 Å². The first-order chi connectivity index (χ1) is 8.18. The van der Waals surface area contributed by atoms with E-state index >= 15 is 0 Å². The number of amides is 1. The smallest absolute Gasteiger partial charge is 0.220 e. The summed E-state index contributed by atoms with van der Waals surface area (Å²) in [6.07, 6.45) is 4.93. The standard InChI is InChI=1S/C13H21N3O/c1-11(2)15-8-4-6-13(17)16-10-12-5-3-7-14-9-12/h3,5,7,9,11,15H,4,6,8,10H2,1-2H3,(H,16,17). The number of aromatic nitrogens is 1. The van der Waals surface area contributed by atoms with Gasteiger partial charge in [0.2, 0.25) is 5.91 Å². The fraction of sp³-hybridized carbons (Fsp3) is 0.538. The van der Waals surface area contributed by atoms with Crippen molar-refractivity contribution in [2.75, 3.05) is 6.54 Å². The van der Waals surface area contributed by atoms with Crippen molar-refractivity contribution < 1.29 is 4.79 Å². The van der Waals surface area contributed by atoms with Crippen molar-refractivity contribution in [3.8, 4) is 0 Å². The zero-order valence-corrected chi connectivity index (χ0v) is 10.6. The maximum absolute atomic E-state index is 11.5. The van der Waals surface area contributed by atoms with Gasteiger partial charge in [0.1, 0.15) is 0 Å². The van der Waals surface area contributed by atoms with Gasteiger partial charge in [-0.3, -0.25) is 9.78 Å². The highest BCUT2D eigenvalue weighted by molar-refractivity contribution is 5.75. The summed E-state index contributed by atoms with van der Waals surface area (Å²) in [5, 5.41) is 6.16. The molecule has 1 heterocycles. The van der Waals surface area contributed by atoms with Crippen LogP contribution >= 0.6 is 0 Å². The van der Waals surface area contributed by atoms with Crippen molar-refractivity contribution in [1.82, 2.24) is 15.6 Å². The van der Waals surface area contributed by atoms with Gasteiger partial charge in [-0.15, -0.1) is 0 Å². The van der Waals surface area contributed by atoms with E-state index in [1.807, 2.05) is 12.1 Å². The highest BCUT2D eigenvalue weighted by Crippen LogP contribution is 1.95. The Morgan fingerprint density at radius 2 is 2.29 bits per heavy atom. The Kier molecular flexibility index (Phi) is 6.25. The van der Waals surface area contributed by atoms with Gasteiger partial charge in [-0.25, -0.2) is 0 Å². The molecule has 17 heavy (non-hydrogen) atoms. The van der Waals surface area contributed by atoms with E-state index in [2.05, 4.69) is 29.5 Å². The number of nitrogens with zero attached hydrogens (tertiary/aromatic N) is 1. The lowest BCUT2D eigenvalue weighted by molar-refractivity contribution is -0.121. The predicted molar refractivity (Wildman–Crippen MR) is 68.5 cm³/mol. The zero-order valence-electron chi connectivity index (χ0n) is 10.6. The summed E-state index contributed by atoms with van der Waals surface area (Å²) < 4.78 is 0. The molecule has 0 radical (unpaired) electrons. The molecule has 2 N–H and O–H groups in total. The number of carbonyl (C=O) groups excluding carboxylic acids is 1. The van der Waals surface area contributed by atoms with E-state index in [1.54, 1.807) is 12.4 Å². The molecule has 0 aromatic carbocycles. The number of hydrogen-bond donors (Lipinski definition) is 2. The minimum Gasteiger partial charge on any atom is -0.352 e. The summed E-state index contributed by atoms with van der Waals surface area (Å²) in [6, 6.07) is 4.30. The lowest BCUT2D eigenvalue weighted by Gasteiger charge is -2.08. The second-order valence-corrected chi connectivity index (χ2v) is 4.35. The van der Waals surface area contributed by atoms with Gasteiger partial charge in [0.15, 0.2) is 0 Å². The average Bonchev–Trinajstić information content (AvgIpc) is 2.33. The second kappa shape index (κ2) is 7.79. The molecule has 0 aliphatic heterocycles. The molecule has 0 unspecified atom stereocenters. The van der Waals surface area contributed by atoms with Crippen molar-refractivity contribution in [2.24, 2.45) is 0 Å². The lowest BCUT2D eigenvalue weighted by Crippen LogP contribution is -2.27. The fourth-order valence-corrected chi connectivity index (χ4v) is 1.43. The van der Waals surface area contributed by atoms with E-state index in [9.17, 15) is 4.79 Å². The molecule has 0 aliphatic rings.